The fourth-order valence-corrected chi connectivity index (χ4v) is 7.23. The Morgan fingerprint density at radius 3 is 1.64 bits per heavy atom. The molecule has 0 radical (unpaired) electrons. The van der Waals surface area contributed by atoms with Crippen molar-refractivity contribution in [3.63, 3.8) is 0 Å². The van der Waals surface area contributed by atoms with Crippen molar-refractivity contribution in [1.82, 2.24) is 29.7 Å². The zero-order chi connectivity index (χ0) is 41.1. The molecule has 0 spiro atoms. The zero-order valence-electron chi connectivity index (χ0n) is 32.6. The number of imide groups is 2. The van der Waals surface area contributed by atoms with E-state index in [9.17, 15) is 29.1 Å². The molecule has 1 aliphatic carbocycles. The third-order valence-corrected chi connectivity index (χ3v) is 9.86. The number of aliphatic hydroxyl groups is 1. The van der Waals surface area contributed by atoms with E-state index in [0.29, 0.717) is 15.4 Å². The van der Waals surface area contributed by atoms with Gasteiger partial charge in [-0.1, -0.05) is 85.8 Å². The molecule has 7 amide bonds. The maximum Gasteiger partial charge on any atom is 0.336 e. The van der Waals surface area contributed by atoms with Crippen LogP contribution >= 0.6 is 0 Å². The van der Waals surface area contributed by atoms with Gasteiger partial charge in [-0.05, 0) is 49.8 Å². The van der Waals surface area contributed by atoms with Crippen LogP contribution in [0.1, 0.15) is 45.2 Å². The number of ether oxygens (including phenoxy) is 3. The summed E-state index contributed by atoms with van der Waals surface area (Å²) in [7, 11) is 0. The van der Waals surface area contributed by atoms with Crippen molar-refractivity contribution >= 4 is 47.6 Å². The Hall–Kier alpha value is -5.92. The van der Waals surface area contributed by atoms with Gasteiger partial charge >= 0.3 is 12.1 Å². The van der Waals surface area contributed by atoms with Crippen molar-refractivity contribution < 1.29 is 43.3 Å². The number of benzene rings is 2. The van der Waals surface area contributed by atoms with Gasteiger partial charge in [-0.15, -0.1) is 0 Å². The number of anilines is 3. The SMILES string of the molecule is CCOC1C(=O)N(c2nc(N3C(=O)C(OCC)N(Cc4ccccc4)C3=O)nc(N3C(=O)C(OCC)N(Cc4ccccc4)C3O)n2)C(=O)N1CC1=CC(C)CC=C1. The first-order valence-corrected chi connectivity index (χ1v) is 19.2. The van der Waals surface area contributed by atoms with E-state index in [1.54, 1.807) is 45.0 Å². The van der Waals surface area contributed by atoms with Crippen molar-refractivity contribution in [2.24, 2.45) is 5.92 Å². The monoisotopic (exact) mass is 795 g/mol. The Morgan fingerprint density at radius 2 is 1.12 bits per heavy atom. The maximum absolute atomic E-state index is 14.3. The van der Waals surface area contributed by atoms with Crippen molar-refractivity contribution in [3.05, 3.63) is 95.6 Å². The number of hydrogen-bond acceptors (Lipinski definition) is 13. The summed E-state index contributed by atoms with van der Waals surface area (Å²) < 4.78 is 17.4. The predicted octanol–water partition coefficient (Wildman–Crippen LogP) is 3.34. The zero-order valence-corrected chi connectivity index (χ0v) is 32.6. The number of urea groups is 2. The fourth-order valence-electron chi connectivity index (χ4n) is 7.23. The van der Waals surface area contributed by atoms with Crippen molar-refractivity contribution in [1.29, 1.82) is 0 Å². The number of aromatic nitrogens is 3. The Morgan fingerprint density at radius 1 is 0.638 bits per heavy atom. The van der Waals surface area contributed by atoms with E-state index in [1.165, 1.54) is 14.7 Å². The normalized spacial score (nSPS) is 23.9. The van der Waals surface area contributed by atoms with Crippen molar-refractivity contribution in [2.45, 2.75) is 72.2 Å². The van der Waals surface area contributed by atoms with Crippen LogP contribution in [0, 0.1) is 5.92 Å². The predicted molar refractivity (Wildman–Crippen MR) is 207 cm³/mol. The summed E-state index contributed by atoms with van der Waals surface area (Å²) >= 11 is 0. The molecular weight excluding hydrogens is 750 g/mol. The molecule has 3 fully saturated rings. The highest BCUT2D eigenvalue weighted by Gasteiger charge is 2.53. The lowest BCUT2D eigenvalue weighted by atomic mass is 9.98. The molecule has 1 aromatic heterocycles. The molecule has 3 aliphatic heterocycles. The van der Waals surface area contributed by atoms with Crippen LogP contribution in [-0.2, 0) is 41.7 Å². The van der Waals surface area contributed by atoms with E-state index in [-0.39, 0.29) is 45.4 Å². The molecule has 3 saturated heterocycles. The highest BCUT2D eigenvalue weighted by atomic mass is 16.5. The Kier molecular flexibility index (Phi) is 12.0. The molecule has 2 aromatic carbocycles. The smallest absolute Gasteiger partial charge is 0.336 e. The van der Waals surface area contributed by atoms with Gasteiger partial charge in [0, 0.05) is 26.4 Å². The van der Waals surface area contributed by atoms with Crippen LogP contribution < -0.4 is 14.7 Å². The van der Waals surface area contributed by atoms with Crippen molar-refractivity contribution in [2.75, 3.05) is 41.1 Å². The van der Waals surface area contributed by atoms with Crippen LogP contribution in [-0.4, -0.2) is 116 Å². The van der Waals surface area contributed by atoms with Gasteiger partial charge in [0.15, 0.2) is 12.6 Å². The first-order valence-electron chi connectivity index (χ1n) is 19.2. The summed E-state index contributed by atoms with van der Waals surface area (Å²) in [5.74, 6) is -4.11. The third-order valence-electron chi connectivity index (χ3n) is 9.86. The highest BCUT2D eigenvalue weighted by molar-refractivity contribution is 6.21. The first kappa shape index (κ1) is 40.3. The molecule has 58 heavy (non-hydrogen) atoms. The molecule has 304 valence electrons. The number of aliphatic hydroxyl groups excluding tert-OH is 1. The van der Waals surface area contributed by atoms with E-state index < -0.39 is 72.7 Å². The van der Waals surface area contributed by atoms with Crippen LogP contribution in [0.3, 0.4) is 0 Å². The van der Waals surface area contributed by atoms with E-state index in [0.717, 1.165) is 22.5 Å². The molecule has 18 nitrogen and oxygen atoms in total. The lowest BCUT2D eigenvalue weighted by Crippen LogP contribution is -2.42. The molecular formula is C40H45N9O9. The second-order valence-corrected chi connectivity index (χ2v) is 13.9. The van der Waals surface area contributed by atoms with E-state index in [2.05, 4.69) is 15.0 Å². The summed E-state index contributed by atoms with van der Waals surface area (Å²) in [6.45, 7) is 7.35. The quantitative estimate of drug-likeness (QED) is 0.221. The summed E-state index contributed by atoms with van der Waals surface area (Å²) in [6.07, 6.45) is 0.852. The van der Waals surface area contributed by atoms with Crippen molar-refractivity contribution in [3.8, 4) is 0 Å². The minimum absolute atomic E-state index is 0.0127. The minimum Gasteiger partial charge on any atom is -0.360 e. The molecule has 0 bridgehead atoms. The Balaban J connectivity index is 1.33. The second-order valence-electron chi connectivity index (χ2n) is 13.9. The average molecular weight is 796 g/mol. The molecule has 3 aromatic rings. The van der Waals surface area contributed by atoms with Gasteiger partial charge in [0.1, 0.15) is 0 Å². The summed E-state index contributed by atoms with van der Waals surface area (Å²) in [5, 5.41) is 11.8. The lowest BCUT2D eigenvalue weighted by Gasteiger charge is -2.26. The van der Waals surface area contributed by atoms with Crippen LogP contribution in [0.25, 0.3) is 0 Å². The molecule has 4 heterocycles. The van der Waals surface area contributed by atoms with Gasteiger partial charge in [-0.3, -0.25) is 24.2 Å². The van der Waals surface area contributed by atoms with Gasteiger partial charge in [-0.25, -0.2) is 19.4 Å². The Labute approximate surface area is 334 Å². The minimum atomic E-state index is -1.74. The topological polar surface area (TPSA) is 191 Å². The Bertz CT molecular complexity index is 2100. The van der Waals surface area contributed by atoms with E-state index in [4.69, 9.17) is 14.2 Å². The standard InChI is InChI=1S/C40H45N9O9/c1-5-56-32-29(50)47(38(53)44(32)22-26-16-10-8-11-17-26)35-41-36(48-30(51)33(57-6-2)45(39(48)54)23-27-18-12-9-13-19-27)43-37(42-35)49-31(52)34(58-7-3)46(40(49)55)24-28-20-14-15-25(4)21-28/h8-14,16-21,25,32-34,38,53H,5-7,15,22-24H2,1-4H3. The van der Waals surface area contributed by atoms with Gasteiger partial charge in [0.05, 0.1) is 13.1 Å². The van der Waals surface area contributed by atoms with Gasteiger partial charge in [0.2, 0.25) is 30.3 Å². The number of allylic oxidation sites excluding steroid dienone is 2. The summed E-state index contributed by atoms with van der Waals surface area (Å²) in [6, 6.07) is 16.3. The molecule has 18 heteroatoms. The number of carbonyl (C=O) groups excluding carboxylic acids is 5. The molecule has 5 atom stereocenters. The highest BCUT2D eigenvalue weighted by Crippen LogP contribution is 2.34. The molecule has 0 saturated carbocycles. The molecule has 7 rings (SSSR count). The van der Waals surface area contributed by atoms with Gasteiger partial charge in [-0.2, -0.15) is 24.8 Å². The van der Waals surface area contributed by atoms with Crippen LogP contribution in [0.4, 0.5) is 27.4 Å². The lowest BCUT2D eigenvalue weighted by molar-refractivity contribution is -0.139. The number of rotatable bonds is 15. The number of amides is 7. The molecule has 4 aliphatic rings. The first-order chi connectivity index (χ1) is 28.1. The fraction of sp³-hybridized carbons (Fsp3) is 0.400. The van der Waals surface area contributed by atoms with Crippen LogP contribution in [0.15, 0.2) is 84.5 Å². The molecule has 1 N–H and O–H groups in total. The number of hydrogen-bond donors (Lipinski definition) is 1. The van der Waals surface area contributed by atoms with Crippen LogP contribution in [0.5, 0.6) is 0 Å². The third kappa shape index (κ3) is 7.71. The number of nitrogens with zero attached hydrogens (tertiary/aromatic N) is 9. The summed E-state index contributed by atoms with van der Waals surface area (Å²) in [4.78, 5) is 90.2. The largest absolute Gasteiger partial charge is 0.360 e. The van der Waals surface area contributed by atoms with E-state index >= 15 is 0 Å². The maximum atomic E-state index is 14.3. The molecule has 5 unspecified atom stereocenters. The van der Waals surface area contributed by atoms with Crippen LogP contribution in [0.2, 0.25) is 0 Å². The average Bonchev–Trinajstić information content (AvgIpc) is 3.69. The van der Waals surface area contributed by atoms with E-state index in [1.807, 2.05) is 61.5 Å². The van der Waals surface area contributed by atoms with Gasteiger partial charge < -0.3 is 19.3 Å². The second kappa shape index (κ2) is 17.3. The number of carbonyl (C=O) groups is 5. The van der Waals surface area contributed by atoms with Gasteiger partial charge in [0.25, 0.3) is 17.7 Å². The summed E-state index contributed by atoms with van der Waals surface area (Å²) in [5.41, 5.74) is 2.23.